The summed E-state index contributed by atoms with van der Waals surface area (Å²) < 4.78 is 15.1. The molecule has 0 fully saturated rings. The molecule has 0 amide bonds. The number of ether oxygens (including phenoxy) is 3. The van der Waals surface area contributed by atoms with Gasteiger partial charge in [-0.25, -0.2) is 14.4 Å². The molecule has 37 heavy (non-hydrogen) atoms. The Labute approximate surface area is 241 Å². The van der Waals surface area contributed by atoms with Crippen molar-refractivity contribution >= 4 is 51.1 Å². The standard InChI is InChI=1S/C11H21ClO2.C9H17ClO2.C8H15ClO2/c1-6-8(7-2)9(11(3,4)5)14-10(12)13;1-6(2)7(9(3,4)5)12-8(10)11;1-5(2)7(6(3)4)11-8(9)10/h8-9H,6-7H2,1-5H3;6-7H,1-5H3;5-7H,1-4H3. The molecule has 0 aliphatic heterocycles. The van der Waals surface area contributed by atoms with Crippen LogP contribution >= 0.6 is 34.8 Å². The number of carbonyl (C=O) groups excluding carboxylic acids is 3. The van der Waals surface area contributed by atoms with E-state index in [1.165, 1.54) is 0 Å². The van der Waals surface area contributed by atoms with E-state index >= 15 is 0 Å². The lowest BCUT2D eigenvalue weighted by Gasteiger charge is -2.35. The van der Waals surface area contributed by atoms with Crippen LogP contribution in [0.4, 0.5) is 14.4 Å². The lowest BCUT2D eigenvalue weighted by molar-refractivity contribution is 0.00141. The lowest BCUT2D eigenvalue weighted by Crippen LogP contribution is -2.36. The summed E-state index contributed by atoms with van der Waals surface area (Å²) in [5.74, 6) is 1.31. The predicted molar refractivity (Wildman–Crippen MR) is 156 cm³/mol. The predicted octanol–water partition coefficient (Wildman–Crippen LogP) is 10.7. The average molecular weight is 592 g/mol. The maximum absolute atomic E-state index is 10.8. The van der Waals surface area contributed by atoms with Gasteiger partial charge in [-0.15, -0.1) is 0 Å². The Balaban J connectivity index is -0.000000473. The van der Waals surface area contributed by atoms with Gasteiger partial charge in [0.05, 0.1) is 0 Å². The molecule has 0 radical (unpaired) electrons. The highest BCUT2D eigenvalue weighted by molar-refractivity contribution is 6.61. The molecule has 0 rings (SSSR count). The van der Waals surface area contributed by atoms with Crippen LogP contribution in [0.1, 0.15) is 110 Å². The van der Waals surface area contributed by atoms with Crippen LogP contribution in [-0.2, 0) is 14.2 Å². The maximum Gasteiger partial charge on any atom is 0.404 e. The largest absolute Gasteiger partial charge is 0.450 e. The van der Waals surface area contributed by atoms with Gasteiger partial charge in [0.15, 0.2) is 0 Å². The highest BCUT2D eigenvalue weighted by atomic mass is 35.5. The Hall–Kier alpha value is -0.720. The van der Waals surface area contributed by atoms with Gasteiger partial charge in [0.25, 0.3) is 0 Å². The molecular formula is C28H53Cl3O6. The summed E-state index contributed by atoms with van der Waals surface area (Å²) >= 11 is 15.5. The molecule has 0 saturated heterocycles. The lowest BCUT2D eigenvalue weighted by atomic mass is 9.79. The second-order valence-corrected chi connectivity index (χ2v) is 13.3. The number of carbonyl (C=O) groups is 3. The van der Waals surface area contributed by atoms with Crippen molar-refractivity contribution < 1.29 is 28.6 Å². The van der Waals surface area contributed by atoms with Crippen LogP contribution in [0.3, 0.4) is 0 Å². The number of rotatable bonds is 9. The summed E-state index contributed by atoms with van der Waals surface area (Å²) in [6.45, 7) is 28.5. The van der Waals surface area contributed by atoms with Crippen LogP contribution in [0.5, 0.6) is 0 Å². The average Bonchev–Trinajstić information content (AvgIpc) is 2.68. The molecule has 0 aromatic carbocycles. The summed E-state index contributed by atoms with van der Waals surface area (Å²) in [6, 6.07) is 0. The van der Waals surface area contributed by atoms with E-state index < -0.39 is 16.3 Å². The van der Waals surface area contributed by atoms with Crippen molar-refractivity contribution in [2.75, 3.05) is 0 Å². The molecule has 0 N–H and O–H groups in total. The zero-order valence-electron chi connectivity index (χ0n) is 25.5. The molecule has 6 nitrogen and oxygen atoms in total. The maximum atomic E-state index is 10.8. The molecule has 0 aromatic rings. The quantitative estimate of drug-likeness (QED) is 0.196. The molecule has 0 aromatic heterocycles. The van der Waals surface area contributed by atoms with E-state index in [2.05, 4.69) is 34.6 Å². The van der Waals surface area contributed by atoms with E-state index in [1.807, 2.05) is 62.3 Å². The first kappa shape index (κ1) is 40.8. The van der Waals surface area contributed by atoms with Gasteiger partial charge >= 0.3 is 16.3 Å². The van der Waals surface area contributed by atoms with Crippen LogP contribution in [0, 0.1) is 34.5 Å². The number of hydrogen-bond donors (Lipinski definition) is 0. The summed E-state index contributed by atoms with van der Waals surface area (Å²) in [4.78, 5) is 31.7. The number of halogens is 3. The van der Waals surface area contributed by atoms with Gasteiger partial charge in [-0.05, 0) is 47.3 Å². The molecule has 0 aliphatic carbocycles. The van der Waals surface area contributed by atoms with Gasteiger partial charge in [-0.1, -0.05) is 96.9 Å². The third-order valence-electron chi connectivity index (χ3n) is 5.77. The molecule has 9 heteroatoms. The van der Waals surface area contributed by atoms with Crippen molar-refractivity contribution in [3.63, 3.8) is 0 Å². The van der Waals surface area contributed by atoms with Crippen LogP contribution in [0.15, 0.2) is 0 Å². The molecule has 2 atom stereocenters. The van der Waals surface area contributed by atoms with Crippen molar-refractivity contribution in [2.45, 2.75) is 128 Å². The summed E-state index contributed by atoms with van der Waals surface area (Å²) in [5.41, 5.74) is -2.24. The van der Waals surface area contributed by atoms with Gasteiger partial charge < -0.3 is 14.2 Å². The Morgan fingerprint density at radius 1 is 0.568 bits per heavy atom. The Morgan fingerprint density at radius 2 is 0.865 bits per heavy atom. The van der Waals surface area contributed by atoms with Gasteiger partial charge in [-0.2, -0.15) is 0 Å². The molecule has 222 valence electrons. The second-order valence-electron chi connectivity index (χ2n) is 12.4. The van der Waals surface area contributed by atoms with Crippen molar-refractivity contribution in [1.29, 1.82) is 0 Å². The van der Waals surface area contributed by atoms with Crippen LogP contribution in [0.25, 0.3) is 0 Å². The summed E-state index contributed by atoms with van der Waals surface area (Å²) in [6.07, 6.45) is 1.72. The summed E-state index contributed by atoms with van der Waals surface area (Å²) in [5, 5.41) is 0. The fraction of sp³-hybridized carbons (Fsp3) is 0.893. The van der Waals surface area contributed by atoms with Gasteiger partial charge in [-0.3, -0.25) is 0 Å². The zero-order chi connectivity index (χ0) is 30.3. The first-order valence-corrected chi connectivity index (χ1v) is 14.2. The fourth-order valence-electron chi connectivity index (χ4n) is 4.36. The number of hydrogen-bond acceptors (Lipinski definition) is 6. The first-order valence-electron chi connectivity index (χ1n) is 13.1. The zero-order valence-corrected chi connectivity index (χ0v) is 27.8. The Kier molecular flexibility index (Phi) is 21.3. The van der Waals surface area contributed by atoms with Crippen molar-refractivity contribution in [3.05, 3.63) is 0 Å². The smallest absolute Gasteiger partial charge is 0.404 e. The molecule has 0 spiro atoms. The fourth-order valence-corrected chi connectivity index (χ4v) is 4.65. The van der Waals surface area contributed by atoms with Crippen molar-refractivity contribution in [1.82, 2.24) is 0 Å². The minimum atomic E-state index is -0.719. The molecule has 0 bridgehead atoms. The van der Waals surface area contributed by atoms with Gasteiger partial charge in [0.2, 0.25) is 0 Å². The Morgan fingerprint density at radius 3 is 1.00 bits per heavy atom. The minimum absolute atomic E-state index is 0.0543. The van der Waals surface area contributed by atoms with E-state index in [1.54, 1.807) is 0 Å². The highest BCUT2D eigenvalue weighted by Gasteiger charge is 2.33. The van der Waals surface area contributed by atoms with Crippen molar-refractivity contribution in [3.8, 4) is 0 Å². The molecule has 2 unspecified atom stereocenters. The minimum Gasteiger partial charge on any atom is -0.450 e. The van der Waals surface area contributed by atoms with E-state index in [0.29, 0.717) is 17.8 Å². The monoisotopic (exact) mass is 590 g/mol. The van der Waals surface area contributed by atoms with E-state index in [9.17, 15) is 14.4 Å². The van der Waals surface area contributed by atoms with E-state index in [4.69, 9.17) is 49.0 Å². The van der Waals surface area contributed by atoms with Crippen LogP contribution in [-0.4, -0.2) is 34.6 Å². The first-order chi connectivity index (χ1) is 16.5. The SMILES string of the molecule is CC(C)C(OC(=O)Cl)C(C)(C)C.CC(C)C(OC(=O)Cl)C(C)C.CCC(CC)C(OC(=O)Cl)C(C)(C)C. The van der Waals surface area contributed by atoms with Crippen molar-refractivity contribution in [2.24, 2.45) is 34.5 Å². The second kappa shape index (κ2) is 19.4. The van der Waals surface area contributed by atoms with Crippen LogP contribution < -0.4 is 0 Å². The van der Waals surface area contributed by atoms with E-state index in [0.717, 1.165) is 12.8 Å². The van der Waals surface area contributed by atoms with E-state index in [-0.39, 0.29) is 35.1 Å². The molecular weight excluding hydrogens is 539 g/mol. The third kappa shape index (κ3) is 20.9. The summed E-state index contributed by atoms with van der Waals surface area (Å²) in [7, 11) is 0. The van der Waals surface area contributed by atoms with Gasteiger partial charge in [0, 0.05) is 34.8 Å². The highest BCUT2D eigenvalue weighted by Crippen LogP contribution is 2.32. The molecule has 0 aliphatic rings. The van der Waals surface area contributed by atoms with Crippen LogP contribution in [0.2, 0.25) is 0 Å². The topological polar surface area (TPSA) is 78.9 Å². The normalized spacial score (nSPS) is 13.5. The molecule has 0 saturated carbocycles. The molecule has 0 heterocycles. The third-order valence-corrected chi connectivity index (χ3v) is 6.04. The van der Waals surface area contributed by atoms with Gasteiger partial charge in [0.1, 0.15) is 18.3 Å². The Bertz CT molecular complexity index is 639.